The third-order valence-corrected chi connectivity index (χ3v) is 5.29. The Bertz CT molecular complexity index is 1280. The van der Waals surface area contributed by atoms with Crippen molar-refractivity contribution in [3.8, 4) is 11.5 Å². The highest BCUT2D eigenvalue weighted by atomic mass is 32.1. The van der Waals surface area contributed by atoms with Crippen molar-refractivity contribution in [2.24, 2.45) is 0 Å². The van der Waals surface area contributed by atoms with Crippen molar-refractivity contribution < 1.29 is 18.4 Å². The molecule has 10 heteroatoms. The number of fused-ring (bicyclic) bond motifs is 1. The van der Waals surface area contributed by atoms with Crippen molar-refractivity contribution >= 4 is 39.4 Å². The average Bonchev–Trinajstić information content (AvgIpc) is 3.45. The van der Waals surface area contributed by atoms with Crippen LogP contribution in [-0.4, -0.2) is 21.4 Å². The lowest BCUT2D eigenvalue weighted by atomic mass is 10.3. The monoisotopic (exact) mass is 440 g/mol. The van der Waals surface area contributed by atoms with Crippen LogP contribution in [-0.2, 0) is 22.7 Å². The van der Waals surface area contributed by atoms with Crippen molar-refractivity contribution in [2.45, 2.75) is 32.9 Å². The molecule has 2 amide bonds. The molecule has 3 heterocycles. The van der Waals surface area contributed by atoms with Gasteiger partial charge in [0.05, 0.1) is 12.1 Å². The Morgan fingerprint density at radius 3 is 2.84 bits per heavy atom. The number of aryl methyl sites for hydroxylation is 1. The van der Waals surface area contributed by atoms with Gasteiger partial charge in [-0.1, -0.05) is 12.1 Å². The van der Waals surface area contributed by atoms with E-state index in [1.807, 2.05) is 12.1 Å². The first-order valence-corrected chi connectivity index (χ1v) is 10.5. The molecule has 0 aliphatic carbocycles. The maximum Gasteiger partial charge on any atom is 0.419 e. The van der Waals surface area contributed by atoms with Gasteiger partial charge in [-0.3, -0.25) is 14.2 Å². The van der Waals surface area contributed by atoms with Crippen LogP contribution in [0.1, 0.15) is 25.5 Å². The van der Waals surface area contributed by atoms with Gasteiger partial charge in [-0.15, -0.1) is 11.3 Å². The van der Waals surface area contributed by atoms with Crippen LogP contribution in [0.25, 0.3) is 22.6 Å². The molecule has 4 aromatic rings. The standard InChI is InChI=1S/C21H20N4O5S/c1-13(26)22-11-14-8-9-17(29-14)15-12-31-20(23-15)24-19(27)7-4-10-25-16-5-2-3-6-18(16)30-21(25)28/h2-3,5-6,8-9,12H,4,7,10-11H2,1H3,(H,22,26)(H,23,24,27). The molecule has 0 saturated carbocycles. The highest BCUT2D eigenvalue weighted by Gasteiger charge is 2.13. The van der Waals surface area contributed by atoms with Crippen molar-refractivity contribution in [3.05, 3.63) is 58.1 Å². The van der Waals surface area contributed by atoms with Gasteiger partial charge in [0, 0.05) is 25.3 Å². The molecule has 0 bridgehead atoms. The number of benzene rings is 1. The van der Waals surface area contributed by atoms with E-state index >= 15 is 0 Å². The third-order valence-electron chi connectivity index (χ3n) is 4.54. The van der Waals surface area contributed by atoms with E-state index in [2.05, 4.69) is 15.6 Å². The van der Waals surface area contributed by atoms with Crippen LogP contribution in [0.4, 0.5) is 5.13 Å². The van der Waals surface area contributed by atoms with Gasteiger partial charge in [0.2, 0.25) is 11.8 Å². The first-order valence-electron chi connectivity index (χ1n) is 9.67. The Labute approximate surface area is 180 Å². The molecule has 9 nitrogen and oxygen atoms in total. The number of carbonyl (C=O) groups excluding carboxylic acids is 2. The number of rotatable bonds is 8. The second kappa shape index (κ2) is 9.00. The molecular weight excluding hydrogens is 420 g/mol. The summed E-state index contributed by atoms with van der Waals surface area (Å²) in [6, 6.07) is 10.7. The zero-order valence-corrected chi connectivity index (χ0v) is 17.5. The van der Waals surface area contributed by atoms with Crippen LogP contribution >= 0.6 is 11.3 Å². The van der Waals surface area contributed by atoms with E-state index in [4.69, 9.17) is 8.83 Å². The molecular formula is C21H20N4O5S. The van der Waals surface area contributed by atoms with E-state index in [0.29, 0.717) is 53.0 Å². The minimum absolute atomic E-state index is 0.137. The molecule has 0 aliphatic heterocycles. The fraction of sp³-hybridized carbons (Fsp3) is 0.238. The number of oxazole rings is 1. The number of para-hydroxylation sites is 2. The van der Waals surface area contributed by atoms with Crippen molar-refractivity contribution in [2.75, 3.05) is 5.32 Å². The molecule has 2 N–H and O–H groups in total. The first-order chi connectivity index (χ1) is 15.0. The molecule has 160 valence electrons. The van der Waals surface area contributed by atoms with E-state index in [9.17, 15) is 14.4 Å². The summed E-state index contributed by atoms with van der Waals surface area (Å²) in [4.78, 5) is 39.6. The highest BCUT2D eigenvalue weighted by Crippen LogP contribution is 2.26. The van der Waals surface area contributed by atoms with Gasteiger partial charge in [-0.25, -0.2) is 9.78 Å². The van der Waals surface area contributed by atoms with Crippen molar-refractivity contribution in [1.29, 1.82) is 0 Å². The summed E-state index contributed by atoms with van der Waals surface area (Å²) in [7, 11) is 0. The quantitative estimate of drug-likeness (QED) is 0.434. The van der Waals surface area contributed by atoms with Gasteiger partial charge < -0.3 is 19.5 Å². The lowest BCUT2D eigenvalue weighted by Crippen LogP contribution is -2.18. The van der Waals surface area contributed by atoms with Crippen LogP contribution < -0.4 is 16.4 Å². The highest BCUT2D eigenvalue weighted by molar-refractivity contribution is 7.14. The summed E-state index contributed by atoms with van der Waals surface area (Å²) in [6.07, 6.45) is 0.723. The number of furan rings is 1. The van der Waals surface area contributed by atoms with Crippen LogP contribution in [0.15, 0.2) is 55.4 Å². The zero-order chi connectivity index (χ0) is 21.8. The maximum absolute atomic E-state index is 12.3. The van der Waals surface area contributed by atoms with Gasteiger partial charge in [0.1, 0.15) is 11.5 Å². The molecule has 4 rings (SSSR count). The number of aromatic nitrogens is 2. The van der Waals surface area contributed by atoms with E-state index in [0.717, 1.165) is 0 Å². The van der Waals surface area contributed by atoms with Crippen LogP contribution in [0.5, 0.6) is 0 Å². The molecule has 0 saturated heterocycles. The van der Waals surface area contributed by atoms with Gasteiger partial charge >= 0.3 is 5.76 Å². The number of carbonyl (C=O) groups is 2. The first kappa shape index (κ1) is 20.6. The molecule has 1 aromatic carbocycles. The van der Waals surface area contributed by atoms with Crippen molar-refractivity contribution in [1.82, 2.24) is 14.9 Å². The van der Waals surface area contributed by atoms with Gasteiger partial charge in [0.25, 0.3) is 0 Å². The molecule has 31 heavy (non-hydrogen) atoms. The predicted molar refractivity (Wildman–Crippen MR) is 116 cm³/mol. The topological polar surface area (TPSA) is 119 Å². The summed E-state index contributed by atoms with van der Waals surface area (Å²) < 4.78 is 12.4. The number of nitrogens with one attached hydrogen (secondary N) is 2. The molecule has 0 aliphatic rings. The number of thiazole rings is 1. The smallest absolute Gasteiger partial charge is 0.419 e. The molecule has 0 unspecified atom stereocenters. The van der Waals surface area contributed by atoms with E-state index < -0.39 is 5.76 Å². The normalized spacial score (nSPS) is 11.0. The summed E-state index contributed by atoms with van der Waals surface area (Å²) in [5.41, 5.74) is 1.85. The van der Waals surface area contributed by atoms with Crippen LogP contribution in [0, 0.1) is 0 Å². The molecule has 3 aromatic heterocycles. The number of hydrogen-bond donors (Lipinski definition) is 2. The minimum Gasteiger partial charge on any atom is -0.458 e. The second-order valence-electron chi connectivity index (χ2n) is 6.85. The van der Waals surface area contributed by atoms with E-state index in [1.54, 1.807) is 29.6 Å². The number of anilines is 1. The van der Waals surface area contributed by atoms with Gasteiger partial charge in [-0.05, 0) is 30.7 Å². The van der Waals surface area contributed by atoms with Crippen LogP contribution in [0.2, 0.25) is 0 Å². The Morgan fingerprint density at radius 1 is 1.16 bits per heavy atom. The summed E-state index contributed by atoms with van der Waals surface area (Å²) >= 11 is 1.29. The van der Waals surface area contributed by atoms with Gasteiger partial charge in [-0.2, -0.15) is 0 Å². The lowest BCUT2D eigenvalue weighted by molar-refractivity contribution is -0.119. The number of amides is 2. The molecule has 0 atom stereocenters. The third kappa shape index (κ3) is 4.92. The summed E-state index contributed by atoms with van der Waals surface area (Å²) in [6.45, 7) is 2.13. The van der Waals surface area contributed by atoms with E-state index in [1.165, 1.54) is 22.8 Å². The fourth-order valence-corrected chi connectivity index (χ4v) is 3.79. The number of hydrogen-bond acceptors (Lipinski definition) is 7. The molecule has 0 radical (unpaired) electrons. The second-order valence-corrected chi connectivity index (χ2v) is 7.71. The van der Waals surface area contributed by atoms with Crippen LogP contribution in [0.3, 0.4) is 0 Å². The van der Waals surface area contributed by atoms with Crippen molar-refractivity contribution in [3.63, 3.8) is 0 Å². The SMILES string of the molecule is CC(=O)NCc1ccc(-c2csc(NC(=O)CCCn3c(=O)oc4ccccc43)n2)o1. The fourth-order valence-electron chi connectivity index (χ4n) is 3.07. The Kier molecular flexibility index (Phi) is 5.99. The maximum atomic E-state index is 12.3. The lowest BCUT2D eigenvalue weighted by Gasteiger charge is -2.03. The Hall–Kier alpha value is -3.66. The largest absolute Gasteiger partial charge is 0.458 e. The summed E-state index contributed by atoms with van der Waals surface area (Å²) in [5.74, 6) is 0.423. The average molecular weight is 440 g/mol. The Morgan fingerprint density at radius 2 is 2.00 bits per heavy atom. The molecule has 0 spiro atoms. The minimum atomic E-state index is -0.428. The molecule has 0 fully saturated rings. The van der Waals surface area contributed by atoms with E-state index in [-0.39, 0.29) is 18.2 Å². The summed E-state index contributed by atoms with van der Waals surface area (Å²) in [5, 5.41) is 7.69. The Balaban J connectivity index is 1.30. The number of nitrogens with zero attached hydrogens (tertiary/aromatic N) is 2. The zero-order valence-electron chi connectivity index (χ0n) is 16.7. The van der Waals surface area contributed by atoms with Gasteiger partial charge in [0.15, 0.2) is 16.5 Å². The predicted octanol–water partition coefficient (Wildman–Crippen LogP) is 3.37.